The van der Waals surface area contributed by atoms with Crippen LogP contribution in [0, 0.1) is 5.92 Å². The molecule has 0 saturated heterocycles. The van der Waals surface area contributed by atoms with Gasteiger partial charge in [-0.1, -0.05) is 30.4 Å². The molecule has 2 rings (SSSR count). The van der Waals surface area contributed by atoms with Gasteiger partial charge in [0, 0.05) is 5.88 Å². The van der Waals surface area contributed by atoms with Crippen LogP contribution in [0.15, 0.2) is 36.1 Å². The van der Waals surface area contributed by atoms with Crippen molar-refractivity contribution in [2.45, 2.75) is 17.9 Å². The smallest absolute Gasteiger partial charge is 0.0824 e. The minimum Gasteiger partial charge on any atom is -0.122 e. The first-order valence-corrected chi connectivity index (χ1v) is 6.33. The largest absolute Gasteiger partial charge is 0.122 e. The Morgan fingerprint density at radius 3 is 3.08 bits per heavy atom. The highest BCUT2D eigenvalue weighted by molar-refractivity contribution is 6.47. The van der Waals surface area contributed by atoms with Gasteiger partial charge in [-0.3, -0.25) is 0 Å². The van der Waals surface area contributed by atoms with Gasteiger partial charge in [0.15, 0.2) is 0 Å². The monoisotopic (exact) mass is 208 g/mol. The molecule has 0 aromatic heterocycles. The van der Waals surface area contributed by atoms with Gasteiger partial charge in [0.1, 0.15) is 0 Å². The second kappa shape index (κ2) is 3.85. The van der Waals surface area contributed by atoms with E-state index in [2.05, 4.69) is 36.1 Å². The van der Waals surface area contributed by atoms with Crippen LogP contribution < -0.4 is 0 Å². The van der Waals surface area contributed by atoms with Gasteiger partial charge in [-0.15, -0.1) is 17.3 Å². The molecule has 0 nitrogen and oxygen atoms in total. The standard InChI is InChI=1S/C11H13ClSi/c12-8-3-9-13-11-6-2-1-4-10(11)5-7-11/h1-4,6,9-10H,5,7-8H2. The van der Waals surface area contributed by atoms with Crippen LogP contribution in [0.2, 0.25) is 5.04 Å². The second-order valence-electron chi connectivity index (χ2n) is 3.63. The molecule has 2 unspecified atom stereocenters. The average Bonchev–Trinajstić information content (AvgIpc) is 2.11. The Bertz CT molecular complexity index is 267. The van der Waals surface area contributed by atoms with Gasteiger partial charge in [-0.05, 0) is 23.8 Å². The van der Waals surface area contributed by atoms with Crippen LogP contribution in [0.5, 0.6) is 0 Å². The van der Waals surface area contributed by atoms with Crippen molar-refractivity contribution >= 4 is 21.1 Å². The van der Waals surface area contributed by atoms with Gasteiger partial charge in [0.05, 0.1) is 9.52 Å². The first kappa shape index (κ1) is 9.29. The highest BCUT2D eigenvalue weighted by Gasteiger charge is 2.43. The van der Waals surface area contributed by atoms with Crippen molar-refractivity contribution in [3.63, 3.8) is 0 Å². The first-order chi connectivity index (χ1) is 6.37. The van der Waals surface area contributed by atoms with E-state index in [4.69, 9.17) is 11.6 Å². The lowest BCUT2D eigenvalue weighted by Crippen LogP contribution is -2.36. The molecule has 2 radical (unpaired) electrons. The highest BCUT2D eigenvalue weighted by Crippen LogP contribution is 2.56. The maximum Gasteiger partial charge on any atom is 0.0824 e. The molecule has 0 bridgehead atoms. The third-order valence-corrected chi connectivity index (χ3v) is 4.84. The summed E-state index contributed by atoms with van der Waals surface area (Å²) in [6, 6.07) is 0. The van der Waals surface area contributed by atoms with Gasteiger partial charge in [-0.25, -0.2) is 0 Å². The summed E-state index contributed by atoms with van der Waals surface area (Å²) in [7, 11) is 0.905. The molecular formula is C11H13ClSi. The number of hydrogen-bond acceptors (Lipinski definition) is 0. The minimum absolute atomic E-state index is 0.483. The molecule has 0 N–H and O–H groups in total. The van der Waals surface area contributed by atoms with Crippen molar-refractivity contribution in [3.05, 3.63) is 36.1 Å². The zero-order valence-electron chi connectivity index (χ0n) is 7.54. The summed E-state index contributed by atoms with van der Waals surface area (Å²) in [4.78, 5) is 0. The summed E-state index contributed by atoms with van der Waals surface area (Å²) in [6.07, 6.45) is 13.9. The lowest BCUT2D eigenvalue weighted by molar-refractivity contribution is 0.301. The Morgan fingerprint density at radius 1 is 1.54 bits per heavy atom. The quantitative estimate of drug-likeness (QED) is 0.494. The number of rotatable bonds is 3. The van der Waals surface area contributed by atoms with Crippen LogP contribution in [0.4, 0.5) is 0 Å². The van der Waals surface area contributed by atoms with Crippen molar-refractivity contribution < 1.29 is 0 Å². The fourth-order valence-electron chi connectivity index (χ4n) is 2.01. The molecule has 0 aromatic carbocycles. The van der Waals surface area contributed by atoms with Crippen molar-refractivity contribution in [2.75, 3.05) is 5.88 Å². The fourth-order valence-corrected chi connectivity index (χ4v) is 3.73. The SMILES string of the molecule is ClCC=C[Si]C12C=CC=CC1CC2. The zero-order chi connectivity index (χ0) is 9.15. The molecular weight excluding hydrogens is 196 g/mol. The molecule has 2 aliphatic rings. The number of alkyl halides is 1. The molecule has 0 spiro atoms. The maximum atomic E-state index is 5.60. The van der Waals surface area contributed by atoms with Crippen molar-refractivity contribution in [3.8, 4) is 0 Å². The first-order valence-electron chi connectivity index (χ1n) is 4.72. The van der Waals surface area contributed by atoms with Crippen LogP contribution in [-0.4, -0.2) is 15.4 Å². The summed E-state index contributed by atoms with van der Waals surface area (Å²) >= 11 is 5.60. The van der Waals surface area contributed by atoms with Gasteiger partial charge in [0.2, 0.25) is 0 Å². The number of hydrogen-bond donors (Lipinski definition) is 0. The molecule has 13 heavy (non-hydrogen) atoms. The zero-order valence-corrected chi connectivity index (χ0v) is 9.30. The van der Waals surface area contributed by atoms with Gasteiger partial charge >= 0.3 is 0 Å². The van der Waals surface area contributed by atoms with Crippen LogP contribution in [0.25, 0.3) is 0 Å². The Balaban J connectivity index is 2.00. The molecule has 1 saturated carbocycles. The van der Waals surface area contributed by atoms with E-state index < -0.39 is 0 Å². The molecule has 68 valence electrons. The van der Waals surface area contributed by atoms with Gasteiger partial charge in [0.25, 0.3) is 0 Å². The summed E-state index contributed by atoms with van der Waals surface area (Å²) < 4.78 is 0. The van der Waals surface area contributed by atoms with E-state index in [9.17, 15) is 0 Å². The topological polar surface area (TPSA) is 0 Å². The third kappa shape index (κ3) is 1.68. The summed E-state index contributed by atoms with van der Waals surface area (Å²) in [5.41, 5.74) is 2.25. The van der Waals surface area contributed by atoms with E-state index >= 15 is 0 Å². The van der Waals surface area contributed by atoms with E-state index in [0.717, 1.165) is 15.4 Å². The number of fused-ring (bicyclic) bond motifs is 1. The van der Waals surface area contributed by atoms with Crippen molar-refractivity contribution in [1.29, 1.82) is 0 Å². The Kier molecular flexibility index (Phi) is 2.75. The lowest BCUT2D eigenvalue weighted by atomic mass is 9.70. The summed E-state index contributed by atoms with van der Waals surface area (Å²) in [6.45, 7) is 0. The predicted molar refractivity (Wildman–Crippen MR) is 59.3 cm³/mol. The number of halogens is 1. The normalized spacial score (nSPS) is 36.2. The van der Waals surface area contributed by atoms with Gasteiger partial charge < -0.3 is 0 Å². The van der Waals surface area contributed by atoms with Gasteiger partial charge in [-0.2, -0.15) is 0 Å². The molecule has 2 heteroatoms. The minimum atomic E-state index is 0.483. The fraction of sp³-hybridized carbons (Fsp3) is 0.455. The predicted octanol–water partition coefficient (Wildman–Crippen LogP) is 3.14. The van der Waals surface area contributed by atoms with Crippen molar-refractivity contribution in [1.82, 2.24) is 0 Å². The van der Waals surface area contributed by atoms with Crippen LogP contribution in [0.3, 0.4) is 0 Å². The molecule has 0 aliphatic heterocycles. The molecule has 2 atom stereocenters. The van der Waals surface area contributed by atoms with E-state index in [1.54, 1.807) is 0 Å². The van der Waals surface area contributed by atoms with Crippen LogP contribution in [0.1, 0.15) is 12.8 Å². The summed E-state index contributed by atoms with van der Waals surface area (Å²) in [5, 5.41) is 0.483. The molecule has 2 aliphatic carbocycles. The van der Waals surface area contributed by atoms with E-state index in [0.29, 0.717) is 10.9 Å². The van der Waals surface area contributed by atoms with Crippen LogP contribution >= 0.6 is 11.6 Å². The third-order valence-electron chi connectivity index (χ3n) is 2.94. The molecule has 1 fully saturated rings. The lowest BCUT2D eigenvalue weighted by Gasteiger charge is -2.47. The molecule has 0 aromatic rings. The van der Waals surface area contributed by atoms with Crippen LogP contribution in [-0.2, 0) is 0 Å². The molecule has 0 heterocycles. The number of allylic oxidation sites excluding steroid dienone is 5. The highest BCUT2D eigenvalue weighted by atomic mass is 35.5. The Hall–Kier alpha value is -0.273. The second-order valence-corrected chi connectivity index (χ2v) is 5.49. The Morgan fingerprint density at radius 2 is 2.46 bits per heavy atom. The molecule has 0 amide bonds. The summed E-state index contributed by atoms with van der Waals surface area (Å²) in [5.74, 6) is 1.45. The Labute approximate surface area is 87.2 Å². The van der Waals surface area contributed by atoms with E-state index in [1.807, 2.05) is 0 Å². The maximum absolute atomic E-state index is 5.60. The van der Waals surface area contributed by atoms with E-state index in [-0.39, 0.29) is 0 Å². The van der Waals surface area contributed by atoms with Crippen molar-refractivity contribution in [2.24, 2.45) is 5.92 Å². The van der Waals surface area contributed by atoms with E-state index in [1.165, 1.54) is 12.8 Å². The average molecular weight is 209 g/mol.